The summed E-state index contributed by atoms with van der Waals surface area (Å²) in [4.78, 5) is 0. The molecule has 3 nitrogen and oxygen atoms in total. The Morgan fingerprint density at radius 1 is 1.07 bits per heavy atom. The molecule has 29 heavy (non-hydrogen) atoms. The minimum Gasteiger partial charge on any atom is -0.491 e. The van der Waals surface area contributed by atoms with E-state index in [0.29, 0.717) is 25.4 Å². The van der Waals surface area contributed by atoms with E-state index in [9.17, 15) is 8.78 Å². The predicted molar refractivity (Wildman–Crippen MR) is 110 cm³/mol. The number of benzene rings is 2. The van der Waals surface area contributed by atoms with Crippen molar-refractivity contribution in [2.75, 3.05) is 19.8 Å². The summed E-state index contributed by atoms with van der Waals surface area (Å²) in [5.74, 6) is -1.17. The topological polar surface area (TPSA) is 27.7 Å². The van der Waals surface area contributed by atoms with Crippen LogP contribution in [0, 0.1) is 11.6 Å². The molecule has 1 fully saturated rings. The third-order valence-electron chi connectivity index (χ3n) is 5.18. The highest BCUT2D eigenvalue weighted by atomic mass is 19.2. The molecule has 1 saturated heterocycles. The minimum atomic E-state index is -0.925. The van der Waals surface area contributed by atoms with Crippen LogP contribution in [0.25, 0.3) is 0 Å². The maximum atomic E-state index is 14.4. The summed E-state index contributed by atoms with van der Waals surface area (Å²) in [7, 11) is 0. The second kappa shape index (κ2) is 10.4. The Kier molecular flexibility index (Phi) is 7.64. The molecule has 0 aromatic heterocycles. The first kappa shape index (κ1) is 21.3. The van der Waals surface area contributed by atoms with Gasteiger partial charge in [0.15, 0.2) is 11.6 Å². The Hall–Kier alpha value is -2.40. The standard InChI is InChI=1S/C24H28F2O3/c1-3-5-6-17-7-10-19(11-8-17)29-16-20-12-9-18(15-28-20)21-13-14-22(27-4-2)24(26)23(21)25/h3,7-8,10-11,13-14,18,20H,1,4-6,9,12,15-16H2,2H3. The van der Waals surface area contributed by atoms with Crippen molar-refractivity contribution in [2.45, 2.75) is 44.6 Å². The van der Waals surface area contributed by atoms with Crippen molar-refractivity contribution in [3.05, 3.63) is 71.8 Å². The van der Waals surface area contributed by atoms with E-state index in [1.165, 1.54) is 11.6 Å². The van der Waals surface area contributed by atoms with Gasteiger partial charge >= 0.3 is 0 Å². The van der Waals surface area contributed by atoms with E-state index in [0.717, 1.165) is 31.4 Å². The second-order valence-electron chi connectivity index (χ2n) is 7.23. The monoisotopic (exact) mass is 402 g/mol. The highest BCUT2D eigenvalue weighted by Gasteiger charge is 2.27. The van der Waals surface area contributed by atoms with Crippen molar-refractivity contribution in [1.29, 1.82) is 0 Å². The van der Waals surface area contributed by atoms with Crippen molar-refractivity contribution in [1.82, 2.24) is 0 Å². The van der Waals surface area contributed by atoms with Crippen LogP contribution in [-0.4, -0.2) is 25.9 Å². The van der Waals surface area contributed by atoms with E-state index in [-0.39, 0.29) is 17.8 Å². The molecule has 5 heteroatoms. The van der Waals surface area contributed by atoms with Gasteiger partial charge in [-0.15, -0.1) is 6.58 Å². The highest BCUT2D eigenvalue weighted by Crippen LogP contribution is 2.33. The van der Waals surface area contributed by atoms with E-state index >= 15 is 0 Å². The number of ether oxygens (including phenoxy) is 3. The van der Waals surface area contributed by atoms with Gasteiger partial charge in [0.1, 0.15) is 12.4 Å². The molecule has 2 aromatic carbocycles. The van der Waals surface area contributed by atoms with Gasteiger partial charge in [-0.25, -0.2) is 4.39 Å². The SMILES string of the molecule is C=CCCc1ccc(OCC2CCC(c3ccc(OCC)c(F)c3F)CO2)cc1. The van der Waals surface area contributed by atoms with Crippen molar-refractivity contribution in [3.8, 4) is 11.5 Å². The lowest BCUT2D eigenvalue weighted by Gasteiger charge is -2.29. The zero-order chi connectivity index (χ0) is 20.6. The van der Waals surface area contributed by atoms with Crippen molar-refractivity contribution < 1.29 is 23.0 Å². The lowest BCUT2D eigenvalue weighted by atomic mass is 9.91. The summed E-state index contributed by atoms with van der Waals surface area (Å²) in [6.45, 7) is 6.55. The summed E-state index contributed by atoms with van der Waals surface area (Å²) >= 11 is 0. The van der Waals surface area contributed by atoms with Gasteiger partial charge in [0.25, 0.3) is 0 Å². The molecule has 0 radical (unpaired) electrons. The molecule has 1 aliphatic heterocycles. The molecule has 0 saturated carbocycles. The molecule has 1 aliphatic rings. The average molecular weight is 402 g/mol. The van der Waals surface area contributed by atoms with E-state index in [1.807, 2.05) is 18.2 Å². The summed E-state index contributed by atoms with van der Waals surface area (Å²) in [6, 6.07) is 11.1. The zero-order valence-corrected chi connectivity index (χ0v) is 16.8. The van der Waals surface area contributed by atoms with Crippen LogP contribution in [-0.2, 0) is 11.2 Å². The summed E-state index contributed by atoms with van der Waals surface area (Å²) in [5, 5.41) is 0. The highest BCUT2D eigenvalue weighted by molar-refractivity contribution is 5.33. The zero-order valence-electron chi connectivity index (χ0n) is 16.8. The minimum absolute atomic E-state index is 0.0488. The molecule has 2 atom stereocenters. The fourth-order valence-electron chi connectivity index (χ4n) is 3.52. The van der Waals surface area contributed by atoms with E-state index < -0.39 is 11.6 Å². The molecule has 0 bridgehead atoms. The van der Waals surface area contributed by atoms with Crippen LogP contribution in [0.1, 0.15) is 43.2 Å². The van der Waals surface area contributed by atoms with Crippen LogP contribution in [0.15, 0.2) is 49.1 Å². The first-order valence-corrected chi connectivity index (χ1v) is 10.2. The molecule has 2 unspecified atom stereocenters. The Morgan fingerprint density at radius 3 is 2.52 bits per heavy atom. The molecular weight excluding hydrogens is 374 g/mol. The Morgan fingerprint density at radius 2 is 1.86 bits per heavy atom. The fraction of sp³-hybridized carbons (Fsp3) is 0.417. The molecule has 3 rings (SSSR count). The van der Waals surface area contributed by atoms with Crippen molar-refractivity contribution in [2.24, 2.45) is 0 Å². The van der Waals surface area contributed by atoms with Gasteiger partial charge in [-0.05, 0) is 61.9 Å². The number of allylic oxidation sites excluding steroid dienone is 1. The largest absolute Gasteiger partial charge is 0.491 e. The molecule has 0 aliphatic carbocycles. The molecule has 0 spiro atoms. The van der Waals surface area contributed by atoms with E-state index in [1.54, 1.807) is 13.0 Å². The van der Waals surface area contributed by atoms with Crippen LogP contribution in [0.4, 0.5) is 8.78 Å². The number of aryl methyl sites for hydroxylation is 1. The van der Waals surface area contributed by atoms with Crippen LogP contribution in [0.3, 0.4) is 0 Å². The molecule has 156 valence electrons. The first-order chi connectivity index (χ1) is 14.1. The third-order valence-corrected chi connectivity index (χ3v) is 5.18. The van der Waals surface area contributed by atoms with Gasteiger partial charge in [-0.2, -0.15) is 4.39 Å². The predicted octanol–water partition coefficient (Wildman–Crippen LogP) is 5.82. The Labute approximate surface area is 171 Å². The van der Waals surface area contributed by atoms with Gasteiger partial charge in [-0.1, -0.05) is 24.3 Å². The molecule has 0 amide bonds. The van der Waals surface area contributed by atoms with Gasteiger partial charge in [-0.3, -0.25) is 0 Å². The Balaban J connectivity index is 1.49. The third kappa shape index (κ3) is 5.57. The second-order valence-corrected chi connectivity index (χ2v) is 7.23. The maximum Gasteiger partial charge on any atom is 0.200 e. The lowest BCUT2D eigenvalue weighted by molar-refractivity contribution is -0.0218. The Bertz CT molecular complexity index is 797. The van der Waals surface area contributed by atoms with Gasteiger partial charge < -0.3 is 14.2 Å². The van der Waals surface area contributed by atoms with Crippen LogP contribution in [0.2, 0.25) is 0 Å². The van der Waals surface area contributed by atoms with Crippen LogP contribution < -0.4 is 9.47 Å². The normalized spacial score (nSPS) is 19.0. The molecule has 2 aromatic rings. The number of hydrogen-bond donors (Lipinski definition) is 0. The van der Waals surface area contributed by atoms with Crippen molar-refractivity contribution in [3.63, 3.8) is 0 Å². The van der Waals surface area contributed by atoms with E-state index in [4.69, 9.17) is 14.2 Å². The fourth-order valence-corrected chi connectivity index (χ4v) is 3.52. The van der Waals surface area contributed by atoms with Gasteiger partial charge in [0.2, 0.25) is 5.82 Å². The summed E-state index contributed by atoms with van der Waals surface area (Å²) < 4.78 is 45.3. The molecule has 1 heterocycles. The number of rotatable bonds is 9. The first-order valence-electron chi connectivity index (χ1n) is 10.2. The van der Waals surface area contributed by atoms with Crippen molar-refractivity contribution >= 4 is 0 Å². The molecular formula is C24H28F2O3. The molecule has 0 N–H and O–H groups in total. The smallest absolute Gasteiger partial charge is 0.200 e. The van der Waals surface area contributed by atoms with E-state index in [2.05, 4.69) is 18.7 Å². The van der Waals surface area contributed by atoms with Gasteiger partial charge in [0, 0.05) is 5.92 Å². The lowest BCUT2D eigenvalue weighted by Crippen LogP contribution is -2.30. The summed E-state index contributed by atoms with van der Waals surface area (Å²) in [6.07, 6.45) is 5.23. The number of halogens is 2. The van der Waals surface area contributed by atoms with Crippen LogP contribution >= 0.6 is 0 Å². The summed E-state index contributed by atoms with van der Waals surface area (Å²) in [5.41, 5.74) is 1.60. The number of hydrogen-bond acceptors (Lipinski definition) is 3. The maximum absolute atomic E-state index is 14.4. The van der Waals surface area contributed by atoms with Crippen LogP contribution in [0.5, 0.6) is 11.5 Å². The average Bonchev–Trinajstić information content (AvgIpc) is 2.75. The van der Waals surface area contributed by atoms with Gasteiger partial charge in [0.05, 0.1) is 19.3 Å². The quantitative estimate of drug-likeness (QED) is 0.495.